The van der Waals surface area contributed by atoms with Crippen molar-refractivity contribution in [3.05, 3.63) is 0 Å². The van der Waals surface area contributed by atoms with Crippen LogP contribution in [0.15, 0.2) is 0 Å². The molecular weight excluding hydrogens is 172 g/mol. The van der Waals surface area contributed by atoms with E-state index in [2.05, 4.69) is 4.74 Å². The van der Waals surface area contributed by atoms with Crippen LogP contribution in [0.25, 0.3) is 0 Å². The quantitative estimate of drug-likeness (QED) is 0.666. The summed E-state index contributed by atoms with van der Waals surface area (Å²) in [5.74, 6) is 0. The summed E-state index contributed by atoms with van der Waals surface area (Å²) in [5.41, 5.74) is 0. The van der Waals surface area contributed by atoms with Crippen molar-refractivity contribution in [3.63, 3.8) is 0 Å². The molecule has 0 aromatic heterocycles. The van der Waals surface area contributed by atoms with Crippen LogP contribution in [-0.4, -0.2) is 49.9 Å². The maximum absolute atomic E-state index is 9.07. The van der Waals surface area contributed by atoms with Crippen LogP contribution in [0.1, 0.15) is 20.3 Å². The van der Waals surface area contributed by atoms with E-state index in [4.69, 9.17) is 14.9 Å². The second kappa shape index (κ2) is 11.8. The molecule has 0 spiro atoms. The molecule has 2 atom stereocenters. The van der Waals surface area contributed by atoms with Gasteiger partial charge in [0.1, 0.15) is 6.10 Å². The second-order valence-corrected chi connectivity index (χ2v) is 2.56. The maximum Gasteiger partial charge on any atom is 0.103 e. The zero-order valence-electron chi connectivity index (χ0n) is 8.99. The second-order valence-electron chi connectivity index (χ2n) is 2.56. The van der Waals surface area contributed by atoms with Gasteiger partial charge in [-0.3, -0.25) is 0 Å². The summed E-state index contributed by atoms with van der Waals surface area (Å²) >= 11 is 0. The van der Waals surface area contributed by atoms with E-state index in [0.29, 0.717) is 6.61 Å². The van der Waals surface area contributed by atoms with Crippen LogP contribution in [0.2, 0.25) is 0 Å². The molecule has 0 saturated heterocycles. The summed E-state index contributed by atoms with van der Waals surface area (Å²) in [4.78, 5) is 0. The Bertz CT molecular complexity index is 87.7. The lowest BCUT2D eigenvalue weighted by atomic mass is 10.2. The molecule has 0 rings (SSSR count). The van der Waals surface area contributed by atoms with Crippen molar-refractivity contribution >= 4 is 0 Å². The lowest BCUT2D eigenvalue weighted by Crippen LogP contribution is -2.31. The first-order chi connectivity index (χ1) is 6.17. The number of ether oxygens (including phenoxy) is 2. The molecule has 2 unspecified atom stereocenters. The van der Waals surface area contributed by atoms with Gasteiger partial charge in [0, 0.05) is 20.8 Å². The topological polar surface area (TPSA) is 58.9 Å². The first-order valence-electron chi connectivity index (χ1n) is 4.48. The van der Waals surface area contributed by atoms with E-state index < -0.39 is 6.10 Å². The van der Waals surface area contributed by atoms with Gasteiger partial charge in [0.25, 0.3) is 0 Å². The molecule has 2 N–H and O–H groups in total. The first-order valence-corrected chi connectivity index (χ1v) is 4.48. The van der Waals surface area contributed by atoms with Crippen molar-refractivity contribution in [2.75, 3.05) is 27.4 Å². The Kier molecular flexibility index (Phi) is 14.0. The fourth-order valence-electron chi connectivity index (χ4n) is 0.833. The number of rotatable bonds is 5. The van der Waals surface area contributed by atoms with Crippen molar-refractivity contribution in [1.82, 2.24) is 0 Å². The standard InChI is InChI=1S/C7H16O3.C2H6O/c1-3-7(10-4-2)6(9)5-8;1-3-2/h6-9H,3-5H2,1-2H3;1-2H3. The smallest absolute Gasteiger partial charge is 0.103 e. The molecule has 0 fully saturated rings. The highest BCUT2D eigenvalue weighted by Crippen LogP contribution is 2.02. The van der Waals surface area contributed by atoms with Crippen molar-refractivity contribution in [2.45, 2.75) is 32.5 Å². The largest absolute Gasteiger partial charge is 0.394 e. The van der Waals surface area contributed by atoms with E-state index in [-0.39, 0.29) is 12.7 Å². The minimum Gasteiger partial charge on any atom is -0.394 e. The highest BCUT2D eigenvalue weighted by atomic mass is 16.5. The number of aliphatic hydroxyl groups excluding tert-OH is 2. The van der Waals surface area contributed by atoms with Gasteiger partial charge in [0.2, 0.25) is 0 Å². The molecule has 0 aromatic rings. The van der Waals surface area contributed by atoms with Gasteiger partial charge in [0.15, 0.2) is 0 Å². The van der Waals surface area contributed by atoms with Crippen molar-refractivity contribution in [3.8, 4) is 0 Å². The van der Waals surface area contributed by atoms with E-state index in [1.165, 1.54) is 0 Å². The molecule has 0 heterocycles. The summed E-state index contributed by atoms with van der Waals surface area (Å²) in [7, 11) is 3.25. The SMILES string of the molecule is CCOC(CC)C(O)CO.COC. The molecule has 4 nitrogen and oxygen atoms in total. The van der Waals surface area contributed by atoms with Crippen molar-refractivity contribution in [1.29, 1.82) is 0 Å². The van der Waals surface area contributed by atoms with Gasteiger partial charge >= 0.3 is 0 Å². The highest BCUT2D eigenvalue weighted by molar-refractivity contribution is 4.65. The zero-order valence-corrected chi connectivity index (χ0v) is 8.99. The minimum atomic E-state index is -0.732. The third-order valence-electron chi connectivity index (χ3n) is 1.40. The van der Waals surface area contributed by atoms with Crippen molar-refractivity contribution in [2.24, 2.45) is 0 Å². The summed E-state index contributed by atoms with van der Waals surface area (Å²) in [5, 5.41) is 17.6. The average molecular weight is 194 g/mol. The lowest BCUT2D eigenvalue weighted by molar-refractivity contribution is -0.0550. The molecule has 4 heteroatoms. The van der Waals surface area contributed by atoms with Gasteiger partial charge < -0.3 is 19.7 Å². The van der Waals surface area contributed by atoms with E-state index in [1.807, 2.05) is 13.8 Å². The number of aliphatic hydroxyl groups is 2. The monoisotopic (exact) mass is 194 g/mol. The molecular formula is C9H22O4. The molecule has 13 heavy (non-hydrogen) atoms. The molecule has 0 aliphatic heterocycles. The fraction of sp³-hybridized carbons (Fsp3) is 1.00. The molecule has 0 aliphatic carbocycles. The zero-order chi connectivity index (χ0) is 10.7. The molecule has 0 bridgehead atoms. The van der Waals surface area contributed by atoms with Crippen LogP contribution in [0.4, 0.5) is 0 Å². The predicted octanol–water partition coefficient (Wildman–Crippen LogP) is 0.417. The highest BCUT2D eigenvalue weighted by Gasteiger charge is 2.15. The molecule has 0 amide bonds. The Balaban J connectivity index is 0. The van der Waals surface area contributed by atoms with E-state index in [1.54, 1.807) is 14.2 Å². The first kappa shape index (κ1) is 15.3. The maximum atomic E-state index is 9.07. The third kappa shape index (κ3) is 9.76. The Morgan fingerprint density at radius 3 is 1.92 bits per heavy atom. The molecule has 0 radical (unpaired) electrons. The summed E-state index contributed by atoms with van der Waals surface area (Å²) in [6.07, 6.45) is -0.213. The lowest BCUT2D eigenvalue weighted by Gasteiger charge is -2.18. The predicted molar refractivity (Wildman–Crippen MR) is 51.7 cm³/mol. The van der Waals surface area contributed by atoms with Gasteiger partial charge in [-0.25, -0.2) is 0 Å². The Morgan fingerprint density at radius 1 is 1.23 bits per heavy atom. The minimum absolute atomic E-state index is 0.213. The number of methoxy groups -OCH3 is 1. The fourth-order valence-corrected chi connectivity index (χ4v) is 0.833. The van der Waals surface area contributed by atoms with E-state index in [0.717, 1.165) is 6.42 Å². The van der Waals surface area contributed by atoms with Crippen LogP contribution in [0.5, 0.6) is 0 Å². The van der Waals surface area contributed by atoms with Gasteiger partial charge in [-0.05, 0) is 13.3 Å². The van der Waals surface area contributed by atoms with Gasteiger partial charge in [-0.1, -0.05) is 6.92 Å². The van der Waals surface area contributed by atoms with Crippen LogP contribution >= 0.6 is 0 Å². The number of hydrogen-bond acceptors (Lipinski definition) is 4. The Labute approximate surface area is 80.5 Å². The Morgan fingerprint density at radius 2 is 1.69 bits per heavy atom. The van der Waals surface area contributed by atoms with Crippen LogP contribution < -0.4 is 0 Å². The van der Waals surface area contributed by atoms with Gasteiger partial charge in [-0.2, -0.15) is 0 Å². The summed E-state index contributed by atoms with van der Waals surface area (Å²) in [6.45, 7) is 4.14. The van der Waals surface area contributed by atoms with E-state index in [9.17, 15) is 0 Å². The van der Waals surface area contributed by atoms with Crippen LogP contribution in [-0.2, 0) is 9.47 Å². The van der Waals surface area contributed by atoms with Crippen LogP contribution in [0.3, 0.4) is 0 Å². The van der Waals surface area contributed by atoms with Gasteiger partial charge in [-0.15, -0.1) is 0 Å². The molecule has 0 aliphatic rings. The molecule has 0 aromatic carbocycles. The normalized spacial score (nSPS) is 14.3. The van der Waals surface area contributed by atoms with Gasteiger partial charge in [0.05, 0.1) is 12.7 Å². The van der Waals surface area contributed by atoms with E-state index >= 15 is 0 Å². The number of hydrogen-bond donors (Lipinski definition) is 2. The molecule has 82 valence electrons. The summed E-state index contributed by atoms with van der Waals surface area (Å²) < 4.78 is 9.38. The van der Waals surface area contributed by atoms with Crippen molar-refractivity contribution < 1.29 is 19.7 Å². The Hall–Kier alpha value is -0.160. The molecule has 0 saturated carbocycles. The summed E-state index contributed by atoms with van der Waals surface area (Å²) in [6, 6.07) is 0. The van der Waals surface area contributed by atoms with Crippen LogP contribution in [0, 0.1) is 0 Å². The average Bonchev–Trinajstić information content (AvgIpc) is 2.14. The third-order valence-corrected chi connectivity index (χ3v) is 1.40.